The van der Waals surface area contributed by atoms with Crippen molar-refractivity contribution in [1.29, 1.82) is 0 Å². The van der Waals surface area contributed by atoms with Gasteiger partial charge in [0.15, 0.2) is 0 Å². The number of ether oxygens (including phenoxy) is 2. The highest BCUT2D eigenvalue weighted by atomic mass is 19.1. The van der Waals surface area contributed by atoms with E-state index in [1.165, 1.54) is 24.3 Å². The molecule has 52 heavy (non-hydrogen) atoms. The zero-order chi connectivity index (χ0) is 37.2. The molecule has 10 heteroatoms. The fraction of sp³-hybridized carbons (Fsp3) is 0.595. The first-order valence-electron chi connectivity index (χ1n) is 19.4. The number of carbonyl (C=O) groups excluding carboxylic acids is 3. The average molecular weight is 720 g/mol. The second kappa shape index (κ2) is 16.1. The van der Waals surface area contributed by atoms with Crippen molar-refractivity contribution in [3.8, 4) is 0 Å². The van der Waals surface area contributed by atoms with Crippen LogP contribution in [0.15, 0.2) is 42.5 Å². The second-order valence-electron chi connectivity index (χ2n) is 15.8. The Kier molecular flexibility index (Phi) is 11.7. The summed E-state index contributed by atoms with van der Waals surface area (Å²) in [4.78, 5) is 43.0. The molecule has 1 N–H and O–H groups in total. The number of fused-ring (bicyclic) bond motifs is 1. The molecule has 6 rings (SSSR count). The monoisotopic (exact) mass is 719 g/mol. The Hall–Kier alpha value is -3.79. The van der Waals surface area contributed by atoms with Gasteiger partial charge in [-0.15, -0.1) is 0 Å². The van der Waals surface area contributed by atoms with E-state index in [-0.39, 0.29) is 53.8 Å². The van der Waals surface area contributed by atoms with Gasteiger partial charge in [-0.3, -0.25) is 14.2 Å². The summed E-state index contributed by atoms with van der Waals surface area (Å²) >= 11 is 0. The number of carbonyl (C=O) groups is 3. The number of aromatic nitrogens is 1. The van der Waals surface area contributed by atoms with Crippen LogP contribution < -0.4 is 5.32 Å². The molecule has 2 heterocycles. The Bertz CT molecular complexity index is 1740. The maximum atomic E-state index is 14.7. The van der Waals surface area contributed by atoms with Crippen LogP contribution in [0.1, 0.15) is 102 Å². The molecular weight excluding hydrogens is 664 g/mol. The van der Waals surface area contributed by atoms with Crippen molar-refractivity contribution in [2.75, 3.05) is 19.7 Å². The van der Waals surface area contributed by atoms with Crippen molar-refractivity contribution in [1.82, 2.24) is 14.8 Å². The first-order valence-corrected chi connectivity index (χ1v) is 19.4. The Morgan fingerprint density at radius 2 is 1.62 bits per heavy atom. The summed E-state index contributed by atoms with van der Waals surface area (Å²) in [7, 11) is 0. The lowest BCUT2D eigenvalue weighted by Gasteiger charge is -2.43. The lowest BCUT2D eigenvalue weighted by atomic mass is 9.71. The van der Waals surface area contributed by atoms with Crippen molar-refractivity contribution < 1.29 is 32.6 Å². The standard InChI is InChI=1S/C42H55F2N3O5/c1-6-51-39(48)30-9-18-37(27(4)23-30)45-40(49)42(31-10-12-32(43)13-11-31)19-21-46(22-20-42)41(50)47-28(5)36(35-17-14-33(44)25-38(35)47)24-29-7-15-34(16-8-29)52-26(2)3/h10-14,17,25-27,29-30,34,37H,6-9,15-16,18-24H2,1-5H3,(H,45,49)/t27-,29?,30-,34?,37-/m0/s1. The summed E-state index contributed by atoms with van der Waals surface area (Å²) in [6.07, 6.45) is 8.06. The summed E-state index contributed by atoms with van der Waals surface area (Å²) in [5.74, 6) is -0.748. The highest BCUT2D eigenvalue weighted by Crippen LogP contribution is 2.40. The number of benzene rings is 2. The molecular formula is C42H55F2N3O5. The number of nitrogens with one attached hydrogen (secondary N) is 1. The number of likely N-dealkylation sites (tertiary alicyclic amines) is 1. The highest BCUT2D eigenvalue weighted by molar-refractivity contribution is 5.96. The van der Waals surface area contributed by atoms with Crippen molar-refractivity contribution in [2.24, 2.45) is 17.8 Å². The van der Waals surface area contributed by atoms with E-state index in [0.29, 0.717) is 68.8 Å². The second-order valence-corrected chi connectivity index (χ2v) is 15.8. The number of hydrogen-bond acceptors (Lipinski definition) is 5. The summed E-state index contributed by atoms with van der Waals surface area (Å²) in [5, 5.41) is 4.21. The lowest BCUT2D eigenvalue weighted by Crippen LogP contribution is -2.56. The molecule has 3 atom stereocenters. The van der Waals surface area contributed by atoms with Crippen LogP contribution in [0.3, 0.4) is 0 Å². The van der Waals surface area contributed by atoms with Crippen molar-refractivity contribution >= 4 is 28.8 Å². The first-order chi connectivity index (χ1) is 24.9. The number of piperidine rings is 1. The number of esters is 1. The van der Waals surface area contributed by atoms with E-state index < -0.39 is 11.2 Å². The van der Waals surface area contributed by atoms with E-state index in [1.807, 2.05) is 6.92 Å². The molecule has 0 spiro atoms. The van der Waals surface area contributed by atoms with Gasteiger partial charge in [0, 0.05) is 30.2 Å². The zero-order valence-electron chi connectivity index (χ0n) is 31.4. The summed E-state index contributed by atoms with van der Waals surface area (Å²) in [6.45, 7) is 10.9. The SMILES string of the molecule is CCOC(=O)[C@H]1CC[C@H](NC(=O)C2(c3ccc(F)cc3)CCN(C(=O)n3c(C)c(CC4CCC(OC(C)C)CC4)c4ccc(F)cc43)CC2)[C@@H](C)C1. The van der Waals surface area contributed by atoms with Gasteiger partial charge in [0.05, 0.1) is 35.7 Å². The molecule has 8 nitrogen and oxygen atoms in total. The highest BCUT2D eigenvalue weighted by Gasteiger charge is 2.46. The van der Waals surface area contributed by atoms with Crippen LogP contribution in [-0.4, -0.2) is 65.3 Å². The number of hydrogen-bond donors (Lipinski definition) is 1. The molecule has 2 aromatic carbocycles. The molecule has 2 aliphatic carbocycles. The fourth-order valence-electron chi connectivity index (χ4n) is 9.13. The molecule has 3 fully saturated rings. The van der Waals surface area contributed by atoms with Crippen LogP contribution in [0.2, 0.25) is 0 Å². The van der Waals surface area contributed by atoms with E-state index >= 15 is 0 Å². The normalized spacial score (nSPS) is 24.9. The van der Waals surface area contributed by atoms with Crippen LogP contribution in [0.5, 0.6) is 0 Å². The zero-order valence-corrected chi connectivity index (χ0v) is 31.4. The molecule has 0 bridgehead atoms. The Labute approximate surface area is 306 Å². The minimum atomic E-state index is -0.967. The minimum Gasteiger partial charge on any atom is -0.466 e. The maximum Gasteiger partial charge on any atom is 0.328 e. The summed E-state index contributed by atoms with van der Waals surface area (Å²) in [5.41, 5.74) is 2.22. The molecule has 1 aromatic heterocycles. The van der Waals surface area contributed by atoms with Crippen LogP contribution in [0.4, 0.5) is 13.6 Å². The van der Waals surface area contributed by atoms with Gasteiger partial charge < -0.3 is 19.7 Å². The predicted molar refractivity (Wildman–Crippen MR) is 197 cm³/mol. The van der Waals surface area contributed by atoms with E-state index in [1.54, 1.807) is 34.6 Å². The topological polar surface area (TPSA) is 89.9 Å². The van der Waals surface area contributed by atoms with Crippen molar-refractivity contribution in [2.45, 2.75) is 122 Å². The van der Waals surface area contributed by atoms with E-state index in [9.17, 15) is 23.2 Å². The van der Waals surface area contributed by atoms with Gasteiger partial charge in [0.25, 0.3) is 0 Å². The summed E-state index contributed by atoms with van der Waals surface area (Å²) < 4.78 is 41.8. The van der Waals surface area contributed by atoms with Gasteiger partial charge in [0.2, 0.25) is 5.91 Å². The van der Waals surface area contributed by atoms with Crippen LogP contribution in [0.25, 0.3) is 10.9 Å². The van der Waals surface area contributed by atoms with Gasteiger partial charge in [0.1, 0.15) is 11.6 Å². The molecule has 2 saturated carbocycles. The first kappa shape index (κ1) is 38.0. The Morgan fingerprint density at radius 1 is 0.942 bits per heavy atom. The Morgan fingerprint density at radius 3 is 2.25 bits per heavy atom. The van der Waals surface area contributed by atoms with Crippen molar-refractivity contribution in [3.63, 3.8) is 0 Å². The predicted octanol–water partition coefficient (Wildman–Crippen LogP) is 8.24. The van der Waals surface area contributed by atoms with Gasteiger partial charge in [-0.1, -0.05) is 19.1 Å². The van der Waals surface area contributed by atoms with E-state index in [0.717, 1.165) is 48.7 Å². The number of rotatable bonds is 9. The van der Waals surface area contributed by atoms with Crippen molar-refractivity contribution in [3.05, 3.63) is 70.9 Å². The van der Waals surface area contributed by atoms with E-state index in [2.05, 4.69) is 26.1 Å². The maximum absolute atomic E-state index is 14.7. The van der Waals surface area contributed by atoms with Crippen LogP contribution in [0, 0.1) is 36.3 Å². The van der Waals surface area contributed by atoms with E-state index in [4.69, 9.17) is 9.47 Å². The lowest BCUT2D eigenvalue weighted by molar-refractivity contribution is -0.149. The molecule has 3 aromatic rings. The minimum absolute atomic E-state index is 0.0713. The third-order valence-corrected chi connectivity index (χ3v) is 12.1. The fourth-order valence-corrected chi connectivity index (χ4v) is 9.13. The molecule has 282 valence electrons. The molecule has 2 amide bonds. The molecule has 0 radical (unpaired) electrons. The Balaban J connectivity index is 1.20. The van der Waals surface area contributed by atoms with Gasteiger partial charge >= 0.3 is 12.0 Å². The van der Waals surface area contributed by atoms with Gasteiger partial charge in [-0.25, -0.2) is 13.6 Å². The number of amides is 2. The number of nitrogens with zero attached hydrogens (tertiary/aromatic N) is 2. The smallest absolute Gasteiger partial charge is 0.328 e. The third kappa shape index (κ3) is 7.92. The molecule has 3 aliphatic rings. The molecule has 1 aliphatic heterocycles. The average Bonchev–Trinajstić information content (AvgIpc) is 3.39. The van der Waals surface area contributed by atoms with Crippen LogP contribution >= 0.6 is 0 Å². The largest absolute Gasteiger partial charge is 0.466 e. The third-order valence-electron chi connectivity index (χ3n) is 12.1. The van der Waals surface area contributed by atoms with Crippen LogP contribution in [-0.2, 0) is 30.9 Å². The van der Waals surface area contributed by atoms with Gasteiger partial charge in [-0.05, 0) is 145 Å². The number of halogens is 2. The molecule has 0 unspecified atom stereocenters. The van der Waals surface area contributed by atoms with Gasteiger partial charge in [-0.2, -0.15) is 0 Å². The summed E-state index contributed by atoms with van der Waals surface area (Å²) in [6, 6.07) is 10.5. The molecule has 1 saturated heterocycles. The quantitative estimate of drug-likeness (QED) is 0.225.